The summed E-state index contributed by atoms with van der Waals surface area (Å²) in [5.74, 6) is 0.355. The van der Waals surface area contributed by atoms with E-state index < -0.39 is 0 Å². The van der Waals surface area contributed by atoms with E-state index in [4.69, 9.17) is 4.74 Å². The second-order valence-corrected chi connectivity index (χ2v) is 4.91. The zero-order valence-electron chi connectivity index (χ0n) is 7.94. The highest BCUT2D eigenvalue weighted by Gasteiger charge is 2.55. The second kappa shape index (κ2) is 2.37. The first-order valence-corrected chi connectivity index (χ1v) is 5.24. The average Bonchev–Trinajstić information content (AvgIpc) is 2.55. The van der Waals surface area contributed by atoms with Gasteiger partial charge in [0.2, 0.25) is 0 Å². The number of rotatable bonds is 0. The fraction of sp³-hybridized carbons (Fsp3) is 0.818. The van der Waals surface area contributed by atoms with E-state index >= 15 is 0 Å². The van der Waals surface area contributed by atoms with Gasteiger partial charge in [0.15, 0.2) is 0 Å². The monoisotopic (exact) mass is 180 g/mol. The fourth-order valence-corrected chi connectivity index (χ4v) is 3.26. The minimum absolute atomic E-state index is 0.00752. The maximum absolute atomic E-state index is 10.2. The molecule has 1 saturated carbocycles. The SMILES string of the molecule is C[C@]12CCC[C@@H](C1O)[C@@H]1C=C[C@H]2O1. The van der Waals surface area contributed by atoms with Gasteiger partial charge in [0.1, 0.15) is 0 Å². The Labute approximate surface area is 78.6 Å². The molecular formula is C11H16O2. The molecule has 1 N–H and O–H groups in total. The molecule has 2 fully saturated rings. The zero-order chi connectivity index (χ0) is 9.05. The molecule has 0 aromatic rings. The largest absolute Gasteiger partial charge is 0.392 e. The molecule has 5 atom stereocenters. The maximum Gasteiger partial charge on any atom is 0.0843 e. The van der Waals surface area contributed by atoms with Crippen molar-refractivity contribution in [3.05, 3.63) is 12.2 Å². The van der Waals surface area contributed by atoms with Crippen LogP contribution in [0, 0.1) is 11.3 Å². The quantitative estimate of drug-likeness (QED) is 0.572. The van der Waals surface area contributed by atoms with E-state index in [0.29, 0.717) is 5.92 Å². The van der Waals surface area contributed by atoms with Crippen LogP contribution in [0.4, 0.5) is 0 Å². The van der Waals surface area contributed by atoms with Crippen LogP contribution in [0.25, 0.3) is 0 Å². The molecule has 1 aliphatic carbocycles. The molecule has 1 saturated heterocycles. The van der Waals surface area contributed by atoms with Crippen LogP contribution >= 0.6 is 0 Å². The van der Waals surface area contributed by atoms with Crippen LogP contribution in [0.1, 0.15) is 26.2 Å². The number of fused-ring (bicyclic) bond motifs is 6. The van der Waals surface area contributed by atoms with Gasteiger partial charge < -0.3 is 9.84 Å². The Morgan fingerprint density at radius 2 is 2.31 bits per heavy atom. The summed E-state index contributed by atoms with van der Waals surface area (Å²) >= 11 is 0. The molecule has 2 aliphatic heterocycles. The summed E-state index contributed by atoms with van der Waals surface area (Å²) in [4.78, 5) is 0. The minimum Gasteiger partial charge on any atom is -0.392 e. The first-order valence-electron chi connectivity index (χ1n) is 5.24. The summed E-state index contributed by atoms with van der Waals surface area (Å²) in [7, 11) is 0. The summed E-state index contributed by atoms with van der Waals surface area (Å²) in [6, 6.07) is 0. The predicted octanol–water partition coefficient (Wildman–Crippen LogP) is 1.49. The third-order valence-corrected chi connectivity index (χ3v) is 4.19. The smallest absolute Gasteiger partial charge is 0.0843 e. The molecule has 1 unspecified atom stereocenters. The standard InChI is InChI=1S/C11H16O2/c1-11-6-2-3-7(10(11)12)8-4-5-9(11)13-8/h4-5,7-10,12H,2-3,6H2,1H3/t7-,8+,9-,10?,11-/m1/s1. The van der Waals surface area contributed by atoms with E-state index in [-0.39, 0.29) is 23.7 Å². The lowest BCUT2D eigenvalue weighted by atomic mass is 9.64. The lowest BCUT2D eigenvalue weighted by Crippen LogP contribution is -2.56. The second-order valence-electron chi connectivity index (χ2n) is 4.91. The van der Waals surface area contributed by atoms with Gasteiger partial charge in [-0.1, -0.05) is 25.5 Å². The topological polar surface area (TPSA) is 29.5 Å². The van der Waals surface area contributed by atoms with E-state index in [2.05, 4.69) is 19.1 Å². The van der Waals surface area contributed by atoms with E-state index in [9.17, 15) is 5.11 Å². The number of aliphatic hydroxyl groups is 1. The van der Waals surface area contributed by atoms with Crippen molar-refractivity contribution < 1.29 is 9.84 Å². The van der Waals surface area contributed by atoms with E-state index in [0.717, 1.165) is 12.8 Å². The van der Waals surface area contributed by atoms with Crippen molar-refractivity contribution in [2.24, 2.45) is 11.3 Å². The molecule has 4 bridgehead atoms. The molecule has 2 heteroatoms. The highest BCUT2D eigenvalue weighted by atomic mass is 16.5. The molecule has 0 radical (unpaired) electrons. The molecule has 0 aromatic heterocycles. The van der Waals surface area contributed by atoms with Crippen molar-refractivity contribution in [1.82, 2.24) is 0 Å². The van der Waals surface area contributed by atoms with Gasteiger partial charge in [-0.25, -0.2) is 0 Å². The summed E-state index contributed by atoms with van der Waals surface area (Å²) in [5, 5.41) is 10.2. The van der Waals surface area contributed by atoms with Gasteiger partial charge in [-0.15, -0.1) is 0 Å². The number of aliphatic hydroxyl groups excluding tert-OH is 1. The summed E-state index contributed by atoms with van der Waals surface area (Å²) in [6.45, 7) is 2.17. The Hall–Kier alpha value is -0.340. The van der Waals surface area contributed by atoms with Crippen molar-refractivity contribution in [1.29, 1.82) is 0 Å². The average molecular weight is 180 g/mol. The Morgan fingerprint density at radius 1 is 1.46 bits per heavy atom. The molecule has 72 valence electrons. The molecule has 3 aliphatic rings. The molecule has 0 spiro atoms. The number of hydrogen-bond acceptors (Lipinski definition) is 2. The summed E-state index contributed by atoms with van der Waals surface area (Å²) < 4.78 is 5.87. The normalized spacial score (nSPS) is 58.3. The lowest BCUT2D eigenvalue weighted by molar-refractivity contribution is -0.193. The third kappa shape index (κ3) is 0.856. The lowest BCUT2D eigenvalue weighted by Gasteiger charge is -2.51. The van der Waals surface area contributed by atoms with Gasteiger partial charge >= 0.3 is 0 Å². The highest BCUT2D eigenvalue weighted by Crippen LogP contribution is 2.51. The first-order chi connectivity index (χ1) is 6.22. The van der Waals surface area contributed by atoms with Crippen molar-refractivity contribution in [3.8, 4) is 0 Å². The van der Waals surface area contributed by atoms with Gasteiger partial charge in [-0.2, -0.15) is 0 Å². The summed E-state index contributed by atoms with van der Waals surface area (Å²) in [6.07, 6.45) is 7.99. The molecule has 0 aromatic carbocycles. The number of hydrogen-bond donors (Lipinski definition) is 1. The van der Waals surface area contributed by atoms with Crippen LogP contribution in [-0.4, -0.2) is 23.4 Å². The van der Waals surface area contributed by atoms with Crippen molar-refractivity contribution in [3.63, 3.8) is 0 Å². The number of ether oxygens (including phenoxy) is 1. The van der Waals surface area contributed by atoms with E-state index in [1.165, 1.54) is 6.42 Å². The Balaban J connectivity index is 2.04. The van der Waals surface area contributed by atoms with Crippen LogP contribution in [-0.2, 0) is 4.74 Å². The third-order valence-electron chi connectivity index (χ3n) is 4.19. The van der Waals surface area contributed by atoms with Crippen molar-refractivity contribution in [2.75, 3.05) is 0 Å². The predicted molar refractivity (Wildman–Crippen MR) is 49.3 cm³/mol. The zero-order valence-corrected chi connectivity index (χ0v) is 7.94. The molecule has 0 amide bonds. The van der Waals surface area contributed by atoms with Gasteiger partial charge in [0.25, 0.3) is 0 Å². The van der Waals surface area contributed by atoms with Crippen LogP contribution in [0.3, 0.4) is 0 Å². The minimum atomic E-state index is -0.153. The van der Waals surface area contributed by atoms with Crippen molar-refractivity contribution in [2.45, 2.75) is 44.5 Å². The Kier molecular flexibility index (Phi) is 1.46. The molecule has 13 heavy (non-hydrogen) atoms. The molecular weight excluding hydrogens is 164 g/mol. The van der Waals surface area contributed by atoms with Gasteiger partial charge in [-0.3, -0.25) is 0 Å². The van der Waals surface area contributed by atoms with Gasteiger partial charge in [-0.05, 0) is 12.8 Å². The molecule has 2 nitrogen and oxygen atoms in total. The Morgan fingerprint density at radius 3 is 3.15 bits per heavy atom. The van der Waals surface area contributed by atoms with Crippen LogP contribution in [0.2, 0.25) is 0 Å². The van der Waals surface area contributed by atoms with Crippen LogP contribution in [0.5, 0.6) is 0 Å². The van der Waals surface area contributed by atoms with Crippen molar-refractivity contribution >= 4 is 0 Å². The van der Waals surface area contributed by atoms with Crippen LogP contribution < -0.4 is 0 Å². The van der Waals surface area contributed by atoms with Gasteiger partial charge in [0.05, 0.1) is 18.3 Å². The first kappa shape index (κ1) is 8.01. The van der Waals surface area contributed by atoms with E-state index in [1.54, 1.807) is 0 Å². The van der Waals surface area contributed by atoms with E-state index in [1.807, 2.05) is 0 Å². The highest BCUT2D eigenvalue weighted by molar-refractivity contribution is 5.18. The fourth-order valence-electron chi connectivity index (χ4n) is 3.26. The molecule has 2 heterocycles. The summed E-state index contributed by atoms with van der Waals surface area (Å²) in [5.41, 5.74) is -0.00752. The van der Waals surface area contributed by atoms with Crippen LogP contribution in [0.15, 0.2) is 12.2 Å². The van der Waals surface area contributed by atoms with Gasteiger partial charge in [0, 0.05) is 11.3 Å². The Bertz CT molecular complexity index is 261. The maximum atomic E-state index is 10.2. The molecule has 3 rings (SSSR count).